The summed E-state index contributed by atoms with van der Waals surface area (Å²) in [6.45, 7) is 2.51. The summed E-state index contributed by atoms with van der Waals surface area (Å²) in [5.41, 5.74) is 0.907. The van der Waals surface area contributed by atoms with Crippen LogP contribution in [0.1, 0.15) is 44.6 Å². The lowest BCUT2D eigenvalue weighted by Gasteiger charge is -2.25. The minimum absolute atomic E-state index is 0.0933. The Morgan fingerprint density at radius 1 is 1.28 bits per heavy atom. The van der Waals surface area contributed by atoms with Crippen LogP contribution in [0.15, 0.2) is 30.3 Å². The predicted molar refractivity (Wildman–Crippen MR) is 94.0 cm³/mol. The van der Waals surface area contributed by atoms with Gasteiger partial charge in [0.1, 0.15) is 12.1 Å². The minimum atomic E-state index is -1.03. The maximum absolute atomic E-state index is 12.6. The van der Waals surface area contributed by atoms with Gasteiger partial charge in [0.2, 0.25) is 11.8 Å². The molecule has 2 amide bonds. The molecule has 2 atom stereocenters. The Bertz CT molecular complexity index is 603. The van der Waals surface area contributed by atoms with Gasteiger partial charge in [-0.25, -0.2) is 4.79 Å². The Morgan fingerprint density at radius 3 is 2.64 bits per heavy atom. The van der Waals surface area contributed by atoms with E-state index in [1.54, 1.807) is 4.90 Å². The summed E-state index contributed by atoms with van der Waals surface area (Å²) in [4.78, 5) is 38.0. The van der Waals surface area contributed by atoms with Gasteiger partial charge in [-0.3, -0.25) is 9.59 Å². The van der Waals surface area contributed by atoms with Crippen molar-refractivity contribution in [3.8, 4) is 0 Å². The second-order valence-electron chi connectivity index (χ2n) is 6.45. The number of aliphatic carboxylic acids is 1. The van der Waals surface area contributed by atoms with Crippen molar-refractivity contribution in [3.05, 3.63) is 35.9 Å². The van der Waals surface area contributed by atoms with E-state index in [0.29, 0.717) is 19.4 Å². The van der Waals surface area contributed by atoms with Crippen LogP contribution in [0.2, 0.25) is 0 Å². The molecule has 0 radical (unpaired) electrons. The Labute approximate surface area is 148 Å². The SMILES string of the molecule is CCCCC(NC(=O)C1CCCN1C(=O)Cc1ccccc1)C(=O)O. The first kappa shape index (κ1) is 19.0. The summed E-state index contributed by atoms with van der Waals surface area (Å²) in [6.07, 6.45) is 3.59. The summed E-state index contributed by atoms with van der Waals surface area (Å²) < 4.78 is 0. The zero-order chi connectivity index (χ0) is 18.2. The standard InChI is InChI=1S/C19H26N2O4/c1-2-3-10-15(19(24)25)20-18(23)16-11-7-12-21(16)17(22)13-14-8-5-4-6-9-14/h4-6,8-9,15-16H,2-3,7,10-13H2,1H3,(H,20,23)(H,24,25). The Hall–Kier alpha value is -2.37. The van der Waals surface area contributed by atoms with Crippen molar-refractivity contribution in [1.82, 2.24) is 10.2 Å². The van der Waals surface area contributed by atoms with Crippen LogP contribution in [0.5, 0.6) is 0 Å². The van der Waals surface area contributed by atoms with Crippen LogP contribution in [0.25, 0.3) is 0 Å². The van der Waals surface area contributed by atoms with Crippen molar-refractivity contribution in [2.24, 2.45) is 0 Å². The van der Waals surface area contributed by atoms with Gasteiger partial charge in [0.15, 0.2) is 0 Å². The second-order valence-corrected chi connectivity index (χ2v) is 6.45. The van der Waals surface area contributed by atoms with Gasteiger partial charge >= 0.3 is 5.97 Å². The van der Waals surface area contributed by atoms with E-state index in [2.05, 4.69) is 5.32 Å². The topological polar surface area (TPSA) is 86.7 Å². The molecule has 0 saturated carbocycles. The molecule has 2 rings (SSSR count). The fourth-order valence-corrected chi connectivity index (χ4v) is 3.14. The van der Waals surface area contributed by atoms with Crippen molar-refractivity contribution in [2.75, 3.05) is 6.54 Å². The summed E-state index contributed by atoms with van der Waals surface area (Å²) in [6, 6.07) is 7.95. The highest BCUT2D eigenvalue weighted by Gasteiger charge is 2.35. The molecule has 0 aliphatic carbocycles. The summed E-state index contributed by atoms with van der Waals surface area (Å²) in [7, 11) is 0. The van der Waals surface area contributed by atoms with Gasteiger partial charge in [-0.2, -0.15) is 0 Å². The number of rotatable bonds is 8. The van der Waals surface area contributed by atoms with Crippen LogP contribution in [0.3, 0.4) is 0 Å². The van der Waals surface area contributed by atoms with Gasteiger partial charge in [-0.1, -0.05) is 50.1 Å². The van der Waals surface area contributed by atoms with Gasteiger partial charge in [0.25, 0.3) is 0 Å². The van der Waals surface area contributed by atoms with Crippen molar-refractivity contribution >= 4 is 17.8 Å². The molecule has 1 heterocycles. The van der Waals surface area contributed by atoms with E-state index < -0.39 is 18.1 Å². The molecule has 136 valence electrons. The molecule has 1 fully saturated rings. The maximum atomic E-state index is 12.6. The van der Waals surface area contributed by atoms with Crippen LogP contribution in [0, 0.1) is 0 Å². The molecule has 1 aromatic carbocycles. The lowest BCUT2D eigenvalue weighted by atomic mass is 10.1. The number of hydrogen-bond donors (Lipinski definition) is 2. The van der Waals surface area contributed by atoms with Gasteiger partial charge in [0.05, 0.1) is 6.42 Å². The molecule has 2 N–H and O–H groups in total. The normalized spacial score (nSPS) is 18.0. The molecule has 2 unspecified atom stereocenters. The second kappa shape index (κ2) is 9.20. The summed E-state index contributed by atoms with van der Waals surface area (Å²) >= 11 is 0. The maximum Gasteiger partial charge on any atom is 0.326 e. The Kier molecular flexibility index (Phi) is 6.98. The number of unbranched alkanes of at least 4 members (excludes halogenated alkanes) is 1. The number of carboxylic acids is 1. The molecule has 1 aliphatic heterocycles. The summed E-state index contributed by atoms with van der Waals surface area (Å²) in [5, 5.41) is 11.9. The minimum Gasteiger partial charge on any atom is -0.480 e. The first-order valence-electron chi connectivity index (χ1n) is 8.89. The number of hydrogen-bond acceptors (Lipinski definition) is 3. The van der Waals surface area contributed by atoms with Crippen LogP contribution in [-0.4, -0.2) is 46.4 Å². The third kappa shape index (κ3) is 5.31. The highest BCUT2D eigenvalue weighted by atomic mass is 16.4. The number of carbonyl (C=O) groups is 3. The van der Waals surface area contributed by atoms with E-state index in [1.165, 1.54) is 0 Å². The largest absolute Gasteiger partial charge is 0.480 e. The third-order valence-electron chi connectivity index (χ3n) is 4.53. The smallest absolute Gasteiger partial charge is 0.326 e. The molecule has 6 nitrogen and oxygen atoms in total. The first-order chi connectivity index (χ1) is 12.0. The highest BCUT2D eigenvalue weighted by Crippen LogP contribution is 2.19. The molecular weight excluding hydrogens is 320 g/mol. The van der Waals surface area contributed by atoms with E-state index in [4.69, 9.17) is 0 Å². The van der Waals surface area contributed by atoms with Crippen LogP contribution in [0.4, 0.5) is 0 Å². The lowest BCUT2D eigenvalue weighted by molar-refractivity contribution is -0.144. The van der Waals surface area contributed by atoms with Crippen molar-refractivity contribution < 1.29 is 19.5 Å². The highest BCUT2D eigenvalue weighted by molar-refractivity contribution is 5.91. The lowest BCUT2D eigenvalue weighted by Crippen LogP contribution is -2.51. The molecule has 25 heavy (non-hydrogen) atoms. The Balaban J connectivity index is 1.98. The average Bonchev–Trinajstić information content (AvgIpc) is 3.09. The molecule has 1 saturated heterocycles. The zero-order valence-corrected chi connectivity index (χ0v) is 14.6. The quantitative estimate of drug-likeness (QED) is 0.753. The molecular formula is C19H26N2O4. The van der Waals surface area contributed by atoms with Crippen LogP contribution >= 0.6 is 0 Å². The van der Waals surface area contributed by atoms with Crippen molar-refractivity contribution in [1.29, 1.82) is 0 Å². The number of likely N-dealkylation sites (tertiary alicyclic amines) is 1. The molecule has 0 spiro atoms. The number of carbonyl (C=O) groups excluding carboxylic acids is 2. The summed E-state index contributed by atoms with van der Waals surface area (Å²) in [5.74, 6) is -1.48. The van der Waals surface area contributed by atoms with E-state index in [0.717, 1.165) is 24.8 Å². The van der Waals surface area contributed by atoms with Crippen LogP contribution < -0.4 is 5.32 Å². The fraction of sp³-hybridized carbons (Fsp3) is 0.526. The molecule has 0 aromatic heterocycles. The van der Waals surface area contributed by atoms with E-state index in [-0.39, 0.29) is 18.2 Å². The monoisotopic (exact) mass is 346 g/mol. The first-order valence-corrected chi connectivity index (χ1v) is 8.89. The van der Waals surface area contributed by atoms with Crippen molar-refractivity contribution in [3.63, 3.8) is 0 Å². The molecule has 1 aromatic rings. The van der Waals surface area contributed by atoms with Crippen LogP contribution in [-0.2, 0) is 20.8 Å². The van der Waals surface area contributed by atoms with Gasteiger partial charge < -0.3 is 15.3 Å². The number of benzene rings is 1. The Morgan fingerprint density at radius 2 is 2.00 bits per heavy atom. The van der Waals surface area contributed by atoms with E-state index in [1.807, 2.05) is 37.3 Å². The number of carboxylic acid groups (broad SMARTS) is 1. The molecule has 1 aliphatic rings. The van der Waals surface area contributed by atoms with Gasteiger partial charge in [0, 0.05) is 6.54 Å². The number of nitrogens with one attached hydrogen (secondary N) is 1. The number of amides is 2. The average molecular weight is 346 g/mol. The fourth-order valence-electron chi connectivity index (χ4n) is 3.14. The van der Waals surface area contributed by atoms with Gasteiger partial charge in [-0.05, 0) is 24.8 Å². The molecule has 6 heteroatoms. The molecule has 0 bridgehead atoms. The number of nitrogens with zero attached hydrogens (tertiary/aromatic N) is 1. The third-order valence-corrected chi connectivity index (χ3v) is 4.53. The van der Waals surface area contributed by atoms with Crippen molar-refractivity contribution in [2.45, 2.75) is 57.5 Å². The zero-order valence-electron chi connectivity index (χ0n) is 14.6. The van der Waals surface area contributed by atoms with E-state index in [9.17, 15) is 19.5 Å². The van der Waals surface area contributed by atoms with E-state index >= 15 is 0 Å². The predicted octanol–water partition coefficient (Wildman–Crippen LogP) is 1.98. The van der Waals surface area contributed by atoms with Gasteiger partial charge in [-0.15, -0.1) is 0 Å².